The van der Waals surface area contributed by atoms with E-state index in [0.29, 0.717) is 36.0 Å². The number of hydrogen-bond donors (Lipinski definition) is 0. The zero-order chi connectivity index (χ0) is 45.4. The molecule has 0 spiro atoms. The minimum atomic E-state index is -0.684. The quantitative estimate of drug-likeness (QED) is 0.206. The summed E-state index contributed by atoms with van der Waals surface area (Å²) >= 11 is 6.67. The minimum Gasteiger partial charge on any atom is -0.462 e. The van der Waals surface area contributed by atoms with Crippen molar-refractivity contribution in [1.29, 1.82) is 0 Å². The summed E-state index contributed by atoms with van der Waals surface area (Å²) < 4.78 is 52.6. The number of fused-ring (bicyclic) bond motifs is 5. The molecule has 3 aliphatic heterocycles. The number of hydrogen-bond acceptors (Lipinski definition) is 13. The number of carbonyl (C=O) groups excluding carboxylic acids is 2. The Morgan fingerprint density at radius 2 is 1.61 bits per heavy atom. The maximum atomic E-state index is 15.2. The van der Waals surface area contributed by atoms with Gasteiger partial charge < -0.3 is 42.8 Å². The molecule has 1 aromatic carbocycles. The van der Waals surface area contributed by atoms with Gasteiger partial charge in [-0.05, 0) is 121 Å². The van der Waals surface area contributed by atoms with E-state index in [1.807, 2.05) is 49.0 Å². The van der Waals surface area contributed by atoms with Crippen LogP contribution < -0.4 is 0 Å². The average molecular weight is 912 g/mol. The molecular weight excluding hydrogens is 840 g/mol. The Balaban J connectivity index is 1.12. The summed E-state index contributed by atoms with van der Waals surface area (Å²) in [6, 6.07) is 7.87. The third-order valence-corrected chi connectivity index (χ3v) is 16.1. The van der Waals surface area contributed by atoms with Crippen LogP contribution in [0.15, 0.2) is 42.1 Å². The number of aromatic nitrogens is 3. The van der Waals surface area contributed by atoms with Crippen LogP contribution in [0.5, 0.6) is 0 Å². The molecule has 0 radical (unpaired) electrons. The second kappa shape index (κ2) is 20.6. The number of benzene rings is 1. The first-order valence-electron chi connectivity index (χ1n) is 23.8. The molecule has 0 N–H and O–H groups in total. The van der Waals surface area contributed by atoms with Gasteiger partial charge in [-0.1, -0.05) is 54.9 Å². The SMILES string of the molecule is CC[C@H]1CCC[C@H](O[C@H]2CC[C@H](N(C)C)C(C)O2)[C@@H](C)C(=O)C2=C[C@@H]3[C@@H](C[C@@H](n4cc(-c5ccccc5Cl)nn4)[C@@H]4C[C@@H](O[C@@H]5OC(C)[C@H](OC)C(OC)[C@@H]5OC)C[C@@H]34)[C@@H]2CC(=O)O1. The molecule has 3 aliphatic carbocycles. The number of ketones is 1. The van der Waals surface area contributed by atoms with Crippen LogP contribution in [-0.2, 0) is 47.5 Å². The average Bonchev–Trinajstić information content (AvgIpc) is 4.02. The van der Waals surface area contributed by atoms with Gasteiger partial charge in [0.05, 0.1) is 48.1 Å². The van der Waals surface area contributed by atoms with Crippen LogP contribution in [-0.4, -0.2) is 135 Å². The highest BCUT2D eigenvalue weighted by Gasteiger charge is 2.57. The lowest BCUT2D eigenvalue weighted by Gasteiger charge is -2.44. The summed E-state index contributed by atoms with van der Waals surface area (Å²) in [6.07, 6.45) is 7.77. The number of esters is 1. The van der Waals surface area contributed by atoms with Gasteiger partial charge in [0.25, 0.3) is 0 Å². The van der Waals surface area contributed by atoms with Gasteiger partial charge in [0, 0.05) is 44.8 Å². The number of carbonyl (C=O) groups is 2. The van der Waals surface area contributed by atoms with Crippen molar-refractivity contribution in [3.05, 3.63) is 47.1 Å². The van der Waals surface area contributed by atoms with E-state index < -0.39 is 30.7 Å². The van der Waals surface area contributed by atoms with E-state index in [2.05, 4.69) is 44.0 Å². The van der Waals surface area contributed by atoms with Crippen molar-refractivity contribution < 1.29 is 47.5 Å². The molecule has 3 saturated heterocycles. The van der Waals surface area contributed by atoms with Crippen LogP contribution in [0.3, 0.4) is 0 Å². The van der Waals surface area contributed by atoms with Crippen molar-refractivity contribution in [3.63, 3.8) is 0 Å². The van der Waals surface area contributed by atoms with Crippen molar-refractivity contribution in [2.75, 3.05) is 35.4 Å². The number of ether oxygens (including phenoxy) is 8. The van der Waals surface area contributed by atoms with Crippen molar-refractivity contribution in [1.82, 2.24) is 19.9 Å². The molecule has 4 heterocycles. The maximum absolute atomic E-state index is 15.2. The van der Waals surface area contributed by atoms with Gasteiger partial charge >= 0.3 is 5.97 Å². The number of Topliss-reactive ketones (excluding diaryl/α,β-unsaturated/α-hetero) is 1. The molecule has 0 amide bonds. The number of allylic oxidation sites excluding steroid dienone is 2. The Morgan fingerprint density at radius 1 is 0.859 bits per heavy atom. The van der Waals surface area contributed by atoms with Crippen LogP contribution >= 0.6 is 11.6 Å². The molecule has 3 unspecified atom stereocenters. The van der Waals surface area contributed by atoms with Crippen molar-refractivity contribution in [2.45, 2.75) is 165 Å². The number of rotatable bonds is 11. The van der Waals surface area contributed by atoms with Gasteiger partial charge in [-0.3, -0.25) is 9.59 Å². The van der Waals surface area contributed by atoms with E-state index in [-0.39, 0.29) is 90.4 Å². The second-order valence-electron chi connectivity index (χ2n) is 19.6. The Morgan fingerprint density at radius 3 is 2.31 bits per heavy atom. The van der Waals surface area contributed by atoms with E-state index in [0.717, 1.165) is 49.7 Å². The van der Waals surface area contributed by atoms with E-state index in [4.69, 9.17) is 54.7 Å². The Bertz CT molecular complexity index is 1950. The van der Waals surface area contributed by atoms with Gasteiger partial charge in [0.1, 0.15) is 30.1 Å². The third-order valence-electron chi connectivity index (χ3n) is 15.8. The lowest BCUT2D eigenvalue weighted by atomic mass is 9.64. The zero-order valence-corrected chi connectivity index (χ0v) is 39.9. The fourth-order valence-corrected chi connectivity index (χ4v) is 12.7. The summed E-state index contributed by atoms with van der Waals surface area (Å²) in [5.41, 5.74) is 2.22. The van der Waals surface area contributed by atoms with Gasteiger partial charge in [0.2, 0.25) is 0 Å². The molecule has 0 bridgehead atoms. The Labute approximate surface area is 384 Å². The standard InChI is InChI=1S/C49H71ClN4O10/c1-10-29-14-13-17-42(64-44-19-18-40(53(5)6)27(3)60-44)26(2)45(56)37-22-33-32-20-30(63-49-48(59-9)47(58-8)46(57-7)28(4)61-49)21-36(32)41(23-34(33)35(37)24-43(55)62-29)54-25-39(51-52-54)31-15-11-12-16-38(31)50/h11-12,15-16,22,25-30,32-36,40-42,44,46-49H,10,13-14,17-21,23-24H2,1-9H3/t26-,27?,28?,29+,30+,32+,33+,34-,35+,36-,40+,41-,42+,44+,46+,47?,48+,49+/m1/s1. The summed E-state index contributed by atoms with van der Waals surface area (Å²) in [5, 5.41) is 10.0. The predicted molar refractivity (Wildman–Crippen MR) is 239 cm³/mol. The first-order chi connectivity index (χ1) is 30.8. The summed E-state index contributed by atoms with van der Waals surface area (Å²) in [5.74, 6) is -0.738. The first-order valence-corrected chi connectivity index (χ1v) is 24.2. The van der Waals surface area contributed by atoms with Crippen LogP contribution in [0, 0.1) is 35.5 Å². The molecule has 64 heavy (non-hydrogen) atoms. The molecule has 354 valence electrons. The topological polar surface area (TPSA) is 142 Å². The molecule has 1 aromatic heterocycles. The molecular formula is C49H71ClN4O10. The monoisotopic (exact) mass is 910 g/mol. The molecule has 2 saturated carbocycles. The third kappa shape index (κ3) is 9.65. The van der Waals surface area contributed by atoms with Crippen LogP contribution in [0.25, 0.3) is 11.3 Å². The van der Waals surface area contributed by atoms with Crippen LogP contribution in [0.4, 0.5) is 0 Å². The fraction of sp³-hybridized carbons (Fsp3) is 0.755. The van der Waals surface area contributed by atoms with Gasteiger partial charge in [-0.15, -0.1) is 5.10 Å². The van der Waals surface area contributed by atoms with Crippen LogP contribution in [0.1, 0.15) is 97.9 Å². The Hall–Kier alpha value is -2.79. The summed E-state index contributed by atoms with van der Waals surface area (Å²) in [4.78, 5) is 31.4. The second-order valence-corrected chi connectivity index (χ2v) is 20.0. The molecule has 14 nitrogen and oxygen atoms in total. The van der Waals surface area contributed by atoms with E-state index in [1.165, 1.54) is 0 Å². The smallest absolute Gasteiger partial charge is 0.306 e. The minimum absolute atomic E-state index is 0.00271. The predicted octanol–water partition coefficient (Wildman–Crippen LogP) is 7.47. The highest BCUT2D eigenvalue weighted by Crippen LogP contribution is 2.60. The first kappa shape index (κ1) is 47.7. The number of cyclic esters (lactones) is 1. The van der Waals surface area contributed by atoms with E-state index in [1.54, 1.807) is 21.3 Å². The zero-order valence-electron chi connectivity index (χ0n) is 39.2. The summed E-state index contributed by atoms with van der Waals surface area (Å²) in [7, 11) is 9.13. The highest BCUT2D eigenvalue weighted by atomic mass is 35.5. The molecule has 5 fully saturated rings. The molecule has 8 rings (SSSR count). The molecule has 18 atom stereocenters. The van der Waals surface area contributed by atoms with E-state index in [9.17, 15) is 4.79 Å². The van der Waals surface area contributed by atoms with Gasteiger partial charge in [-0.2, -0.15) is 0 Å². The highest BCUT2D eigenvalue weighted by molar-refractivity contribution is 6.33. The van der Waals surface area contributed by atoms with Crippen LogP contribution in [0.2, 0.25) is 5.02 Å². The largest absolute Gasteiger partial charge is 0.462 e. The number of likely N-dealkylation sites (N-methyl/N-ethyl adjacent to an activating group) is 1. The number of halogens is 1. The number of nitrogens with zero attached hydrogens (tertiary/aromatic N) is 4. The van der Waals surface area contributed by atoms with E-state index >= 15 is 4.79 Å². The lowest BCUT2D eigenvalue weighted by Crippen LogP contribution is -2.59. The van der Waals surface area contributed by atoms with Gasteiger partial charge in [-0.25, -0.2) is 4.68 Å². The molecule has 6 aliphatic rings. The Kier molecular flexibility index (Phi) is 15.4. The van der Waals surface area contributed by atoms with Crippen molar-refractivity contribution >= 4 is 23.4 Å². The maximum Gasteiger partial charge on any atom is 0.306 e. The van der Waals surface area contributed by atoms with Crippen molar-refractivity contribution in [2.24, 2.45) is 35.5 Å². The summed E-state index contributed by atoms with van der Waals surface area (Å²) in [6.45, 7) is 8.15. The van der Waals surface area contributed by atoms with Crippen molar-refractivity contribution in [3.8, 4) is 11.3 Å². The molecule has 15 heteroatoms. The van der Waals surface area contributed by atoms with Gasteiger partial charge in [0.15, 0.2) is 18.4 Å². The lowest BCUT2D eigenvalue weighted by molar-refractivity contribution is -0.314. The fourth-order valence-electron chi connectivity index (χ4n) is 12.5. The normalized spacial score (nSPS) is 40.8. The number of methoxy groups -OCH3 is 3. The molecule has 2 aromatic rings.